The van der Waals surface area contributed by atoms with E-state index < -0.39 is 0 Å². The normalized spacial score (nSPS) is 13.0. The van der Waals surface area contributed by atoms with Crippen LogP contribution in [0.25, 0.3) is 0 Å². The average molecular weight is 356 g/mol. The van der Waals surface area contributed by atoms with Crippen molar-refractivity contribution in [2.45, 2.75) is 32.1 Å². The molecule has 0 aromatic heterocycles. The molecule has 0 unspecified atom stereocenters. The standard InChI is InChI=1S/C21H25FN2O2/c1-21(2,17-4-3-5-18(22)13-17)14-24-20(25)23-10-8-15-6-7-19-16(12-15)9-11-26-19/h3-7,12-13H,8-11,14H2,1-2H3,(H2,23,24,25). The fourth-order valence-corrected chi connectivity index (χ4v) is 3.09. The summed E-state index contributed by atoms with van der Waals surface area (Å²) in [7, 11) is 0. The molecule has 0 aliphatic carbocycles. The van der Waals surface area contributed by atoms with Crippen LogP contribution in [0, 0.1) is 5.82 Å². The van der Waals surface area contributed by atoms with Gasteiger partial charge in [-0.15, -0.1) is 0 Å². The number of rotatable bonds is 6. The van der Waals surface area contributed by atoms with Gasteiger partial charge in [0.2, 0.25) is 0 Å². The molecule has 0 atom stereocenters. The first kappa shape index (κ1) is 18.2. The molecule has 1 aliphatic heterocycles. The van der Waals surface area contributed by atoms with E-state index in [2.05, 4.69) is 16.7 Å². The van der Waals surface area contributed by atoms with Gasteiger partial charge in [-0.2, -0.15) is 0 Å². The number of urea groups is 1. The van der Waals surface area contributed by atoms with E-state index in [9.17, 15) is 9.18 Å². The third-order valence-electron chi connectivity index (χ3n) is 4.75. The number of benzene rings is 2. The first-order chi connectivity index (χ1) is 12.4. The molecule has 4 nitrogen and oxygen atoms in total. The Morgan fingerprint density at radius 1 is 1.19 bits per heavy atom. The van der Waals surface area contributed by atoms with E-state index in [-0.39, 0.29) is 17.3 Å². The van der Waals surface area contributed by atoms with Gasteiger partial charge < -0.3 is 15.4 Å². The number of fused-ring (bicyclic) bond motifs is 1. The quantitative estimate of drug-likeness (QED) is 0.831. The second-order valence-electron chi connectivity index (χ2n) is 7.29. The zero-order chi connectivity index (χ0) is 18.6. The van der Waals surface area contributed by atoms with Crippen molar-refractivity contribution in [2.75, 3.05) is 19.7 Å². The third kappa shape index (κ3) is 4.54. The predicted molar refractivity (Wildman–Crippen MR) is 100 cm³/mol. The monoisotopic (exact) mass is 356 g/mol. The van der Waals surface area contributed by atoms with Crippen molar-refractivity contribution in [3.63, 3.8) is 0 Å². The number of nitrogens with one attached hydrogen (secondary N) is 2. The minimum atomic E-state index is -0.348. The van der Waals surface area contributed by atoms with Gasteiger partial charge in [0.15, 0.2) is 0 Å². The van der Waals surface area contributed by atoms with Crippen molar-refractivity contribution in [1.29, 1.82) is 0 Å². The molecule has 0 bridgehead atoms. The minimum Gasteiger partial charge on any atom is -0.493 e. The van der Waals surface area contributed by atoms with Gasteiger partial charge in [0.25, 0.3) is 0 Å². The van der Waals surface area contributed by atoms with Crippen LogP contribution >= 0.6 is 0 Å². The number of hydrogen-bond donors (Lipinski definition) is 2. The molecule has 0 saturated carbocycles. The number of amides is 2. The maximum Gasteiger partial charge on any atom is 0.314 e. The zero-order valence-electron chi connectivity index (χ0n) is 15.3. The highest BCUT2D eigenvalue weighted by Gasteiger charge is 2.21. The molecule has 1 aliphatic rings. The number of hydrogen-bond acceptors (Lipinski definition) is 2. The molecule has 26 heavy (non-hydrogen) atoms. The molecule has 2 aromatic carbocycles. The molecular weight excluding hydrogens is 331 g/mol. The summed E-state index contributed by atoms with van der Waals surface area (Å²) < 4.78 is 18.9. The Bertz CT molecular complexity index is 789. The summed E-state index contributed by atoms with van der Waals surface area (Å²) in [5.74, 6) is 0.707. The fraction of sp³-hybridized carbons (Fsp3) is 0.381. The van der Waals surface area contributed by atoms with Gasteiger partial charge in [0.05, 0.1) is 6.61 Å². The maximum atomic E-state index is 13.4. The lowest BCUT2D eigenvalue weighted by Crippen LogP contribution is -2.42. The van der Waals surface area contributed by atoms with E-state index in [1.807, 2.05) is 32.0 Å². The van der Waals surface area contributed by atoms with Crippen LogP contribution in [-0.4, -0.2) is 25.7 Å². The lowest BCUT2D eigenvalue weighted by atomic mass is 9.84. The van der Waals surface area contributed by atoms with Gasteiger partial charge >= 0.3 is 6.03 Å². The van der Waals surface area contributed by atoms with Crippen LogP contribution in [0.2, 0.25) is 0 Å². The molecule has 0 fully saturated rings. The summed E-state index contributed by atoms with van der Waals surface area (Å²) in [6.07, 6.45) is 1.72. The van der Waals surface area contributed by atoms with E-state index in [1.54, 1.807) is 6.07 Å². The Kier molecular flexibility index (Phi) is 5.45. The van der Waals surface area contributed by atoms with Crippen LogP contribution in [0.15, 0.2) is 42.5 Å². The number of carbonyl (C=O) groups excluding carboxylic acids is 1. The largest absolute Gasteiger partial charge is 0.493 e. The molecular formula is C21H25FN2O2. The van der Waals surface area contributed by atoms with Gasteiger partial charge in [-0.05, 0) is 41.3 Å². The van der Waals surface area contributed by atoms with E-state index in [1.165, 1.54) is 23.3 Å². The maximum absolute atomic E-state index is 13.4. The summed E-state index contributed by atoms with van der Waals surface area (Å²) >= 11 is 0. The van der Waals surface area contributed by atoms with Gasteiger partial charge in [-0.25, -0.2) is 9.18 Å². The Balaban J connectivity index is 1.44. The third-order valence-corrected chi connectivity index (χ3v) is 4.75. The highest BCUT2D eigenvalue weighted by atomic mass is 19.1. The topological polar surface area (TPSA) is 50.4 Å². The second kappa shape index (κ2) is 7.77. The van der Waals surface area contributed by atoms with Gasteiger partial charge in [0, 0.05) is 24.9 Å². The summed E-state index contributed by atoms with van der Waals surface area (Å²) in [5.41, 5.74) is 2.94. The molecule has 2 amide bonds. The Morgan fingerprint density at radius 2 is 2.04 bits per heavy atom. The Labute approximate surface area is 153 Å². The van der Waals surface area contributed by atoms with Crippen LogP contribution in [-0.2, 0) is 18.3 Å². The number of carbonyl (C=O) groups is 1. The Hall–Kier alpha value is -2.56. The highest BCUT2D eigenvalue weighted by Crippen LogP contribution is 2.26. The molecule has 0 radical (unpaired) electrons. The molecule has 5 heteroatoms. The smallest absolute Gasteiger partial charge is 0.314 e. The summed E-state index contributed by atoms with van der Waals surface area (Å²) in [5, 5.41) is 5.76. The molecule has 2 aromatic rings. The fourth-order valence-electron chi connectivity index (χ4n) is 3.09. The summed E-state index contributed by atoms with van der Waals surface area (Å²) in [6.45, 7) is 5.70. The lowest BCUT2D eigenvalue weighted by molar-refractivity contribution is 0.238. The summed E-state index contributed by atoms with van der Waals surface area (Å²) in [6, 6.07) is 12.5. The number of ether oxygens (including phenoxy) is 1. The molecule has 0 spiro atoms. The van der Waals surface area contributed by atoms with Crippen LogP contribution in [0.3, 0.4) is 0 Å². The van der Waals surface area contributed by atoms with Gasteiger partial charge in [-0.3, -0.25) is 0 Å². The van der Waals surface area contributed by atoms with Crippen molar-refractivity contribution < 1.29 is 13.9 Å². The zero-order valence-corrected chi connectivity index (χ0v) is 15.3. The van der Waals surface area contributed by atoms with Crippen molar-refractivity contribution >= 4 is 6.03 Å². The first-order valence-electron chi connectivity index (χ1n) is 8.96. The van der Waals surface area contributed by atoms with Crippen molar-refractivity contribution in [3.8, 4) is 5.75 Å². The average Bonchev–Trinajstić information content (AvgIpc) is 3.08. The first-order valence-corrected chi connectivity index (χ1v) is 8.96. The number of halogens is 1. The van der Waals surface area contributed by atoms with Gasteiger partial charge in [0.1, 0.15) is 11.6 Å². The predicted octanol–water partition coefficient (Wildman–Crippen LogP) is 3.58. The SMILES string of the molecule is CC(C)(CNC(=O)NCCc1ccc2c(c1)CCO2)c1cccc(F)c1. The molecule has 0 saturated heterocycles. The Morgan fingerprint density at radius 3 is 2.85 bits per heavy atom. The lowest BCUT2D eigenvalue weighted by Gasteiger charge is -2.25. The summed E-state index contributed by atoms with van der Waals surface area (Å²) in [4.78, 5) is 12.0. The second-order valence-corrected chi connectivity index (χ2v) is 7.29. The van der Waals surface area contributed by atoms with Crippen LogP contribution in [0.5, 0.6) is 5.75 Å². The minimum absolute atomic E-state index is 0.209. The molecule has 3 rings (SSSR count). The highest BCUT2D eigenvalue weighted by molar-refractivity contribution is 5.74. The van der Waals surface area contributed by atoms with Crippen molar-refractivity contribution in [1.82, 2.24) is 10.6 Å². The van der Waals surface area contributed by atoms with E-state index >= 15 is 0 Å². The van der Waals surface area contributed by atoms with Crippen molar-refractivity contribution in [2.24, 2.45) is 0 Å². The molecule has 2 N–H and O–H groups in total. The molecule has 138 valence electrons. The van der Waals surface area contributed by atoms with E-state index in [0.717, 1.165) is 30.8 Å². The van der Waals surface area contributed by atoms with Gasteiger partial charge in [-0.1, -0.05) is 38.1 Å². The molecule has 1 heterocycles. The van der Waals surface area contributed by atoms with E-state index in [4.69, 9.17) is 4.74 Å². The van der Waals surface area contributed by atoms with Crippen LogP contribution in [0.4, 0.5) is 9.18 Å². The van der Waals surface area contributed by atoms with Crippen LogP contribution < -0.4 is 15.4 Å². The van der Waals surface area contributed by atoms with Crippen LogP contribution in [0.1, 0.15) is 30.5 Å². The van der Waals surface area contributed by atoms with Crippen molar-refractivity contribution in [3.05, 3.63) is 65.0 Å². The van der Waals surface area contributed by atoms with E-state index in [0.29, 0.717) is 13.1 Å².